The summed E-state index contributed by atoms with van der Waals surface area (Å²) in [5.41, 5.74) is 1.87. The molecule has 1 atom stereocenters. The van der Waals surface area contributed by atoms with E-state index in [-0.39, 0.29) is 48.1 Å². The Morgan fingerprint density at radius 1 is 1.05 bits per heavy atom. The van der Waals surface area contributed by atoms with Gasteiger partial charge >= 0.3 is 0 Å². The SMILES string of the molecule is COc1ccc(CN2CCC3(CCN(CCC(NC(=O)C4CCCC4)c4ccccn4)CC3)C2=O)cc1.Cl.Cl. The highest BCUT2D eigenvalue weighted by atomic mass is 35.5. The molecule has 5 rings (SSSR count). The van der Waals surface area contributed by atoms with Crippen molar-refractivity contribution in [2.45, 2.75) is 64.0 Å². The van der Waals surface area contributed by atoms with Crippen molar-refractivity contribution < 1.29 is 14.3 Å². The minimum Gasteiger partial charge on any atom is -0.497 e. The van der Waals surface area contributed by atoms with E-state index in [1.165, 1.54) is 0 Å². The van der Waals surface area contributed by atoms with Crippen LogP contribution in [0.1, 0.15) is 68.7 Å². The number of hydrogen-bond donors (Lipinski definition) is 1. The molecule has 1 N–H and O–H groups in total. The number of pyridine rings is 1. The number of benzene rings is 1. The van der Waals surface area contributed by atoms with E-state index in [2.05, 4.69) is 15.2 Å². The fourth-order valence-corrected chi connectivity index (χ4v) is 6.33. The minimum absolute atomic E-state index is 0. The molecule has 2 saturated heterocycles. The third-order valence-electron chi connectivity index (χ3n) is 8.77. The van der Waals surface area contributed by atoms with Crippen molar-refractivity contribution in [1.82, 2.24) is 20.1 Å². The molecule has 2 amide bonds. The molecule has 3 heterocycles. The van der Waals surface area contributed by atoms with Crippen molar-refractivity contribution in [3.05, 3.63) is 59.9 Å². The topological polar surface area (TPSA) is 74.8 Å². The van der Waals surface area contributed by atoms with Crippen LogP contribution in [0.25, 0.3) is 0 Å². The van der Waals surface area contributed by atoms with Gasteiger partial charge in [0.2, 0.25) is 11.8 Å². The van der Waals surface area contributed by atoms with Crippen LogP contribution >= 0.6 is 24.8 Å². The van der Waals surface area contributed by atoms with E-state index in [0.29, 0.717) is 12.5 Å². The largest absolute Gasteiger partial charge is 0.497 e. The number of hydrogen-bond acceptors (Lipinski definition) is 5. The van der Waals surface area contributed by atoms with Crippen LogP contribution in [-0.4, -0.2) is 59.9 Å². The van der Waals surface area contributed by atoms with Crippen molar-refractivity contribution in [2.75, 3.05) is 33.3 Å². The maximum Gasteiger partial charge on any atom is 0.229 e. The number of rotatable bonds is 9. The summed E-state index contributed by atoms with van der Waals surface area (Å²) < 4.78 is 5.25. The molecule has 1 spiro atoms. The Labute approximate surface area is 244 Å². The van der Waals surface area contributed by atoms with Crippen LogP contribution < -0.4 is 10.1 Å². The second-order valence-electron chi connectivity index (χ2n) is 11.0. The lowest BCUT2D eigenvalue weighted by Crippen LogP contribution is -2.45. The van der Waals surface area contributed by atoms with Crippen LogP contribution in [-0.2, 0) is 16.1 Å². The molecule has 1 aliphatic carbocycles. The molecule has 1 unspecified atom stereocenters. The third kappa shape index (κ3) is 7.44. The number of methoxy groups -OCH3 is 1. The maximum atomic E-state index is 13.4. The van der Waals surface area contributed by atoms with Gasteiger partial charge in [0.25, 0.3) is 0 Å². The number of carbonyl (C=O) groups excluding carboxylic acids is 2. The number of ether oxygens (including phenoxy) is 1. The Bertz CT molecular complexity index is 1060. The van der Waals surface area contributed by atoms with Gasteiger partial charge in [0.15, 0.2) is 0 Å². The highest BCUT2D eigenvalue weighted by molar-refractivity contribution is 5.86. The summed E-state index contributed by atoms with van der Waals surface area (Å²) in [4.78, 5) is 35.4. The van der Waals surface area contributed by atoms with E-state index in [1.807, 2.05) is 47.4 Å². The summed E-state index contributed by atoms with van der Waals surface area (Å²) in [7, 11) is 1.67. The first-order chi connectivity index (χ1) is 18.1. The van der Waals surface area contributed by atoms with Gasteiger partial charge in [-0.2, -0.15) is 0 Å². The zero-order valence-electron chi connectivity index (χ0n) is 22.8. The van der Waals surface area contributed by atoms with Crippen LogP contribution in [0.2, 0.25) is 0 Å². The van der Waals surface area contributed by atoms with E-state index in [4.69, 9.17) is 4.74 Å². The van der Waals surface area contributed by atoms with Gasteiger partial charge in [-0.1, -0.05) is 31.0 Å². The molecular weight excluding hydrogens is 535 g/mol. The Balaban J connectivity index is 0.00000210. The molecule has 7 nitrogen and oxygen atoms in total. The highest BCUT2D eigenvalue weighted by Gasteiger charge is 2.47. The number of carbonyl (C=O) groups is 2. The summed E-state index contributed by atoms with van der Waals surface area (Å²) in [6, 6.07) is 13.9. The fourth-order valence-electron chi connectivity index (χ4n) is 6.33. The summed E-state index contributed by atoms with van der Waals surface area (Å²) in [5, 5.41) is 3.31. The highest BCUT2D eigenvalue weighted by Crippen LogP contribution is 2.42. The molecule has 1 aromatic heterocycles. The summed E-state index contributed by atoms with van der Waals surface area (Å²) in [5.74, 6) is 1.48. The molecule has 0 radical (unpaired) electrons. The molecule has 0 bridgehead atoms. The standard InChI is InChI=1S/C30H40N4O3.2ClH/c1-37-25-11-9-23(10-12-25)22-34-21-16-30(29(34)36)14-19-33(20-15-30)18-13-27(26-8-4-5-17-31-26)32-28(35)24-6-2-3-7-24;;/h4-5,8-12,17,24,27H,2-3,6-7,13-16,18-22H2,1H3,(H,32,35);2*1H. The summed E-state index contributed by atoms with van der Waals surface area (Å²) >= 11 is 0. The summed E-state index contributed by atoms with van der Waals surface area (Å²) in [6.07, 6.45) is 9.70. The average Bonchev–Trinajstić information content (AvgIpc) is 3.58. The second kappa shape index (κ2) is 14.3. The quantitative estimate of drug-likeness (QED) is 0.445. The van der Waals surface area contributed by atoms with Gasteiger partial charge < -0.3 is 19.9 Å². The first-order valence-electron chi connectivity index (χ1n) is 13.9. The van der Waals surface area contributed by atoms with Crippen LogP contribution in [0.4, 0.5) is 0 Å². The second-order valence-corrected chi connectivity index (χ2v) is 11.0. The molecule has 214 valence electrons. The lowest BCUT2D eigenvalue weighted by atomic mass is 9.77. The Hall–Kier alpha value is -2.35. The van der Waals surface area contributed by atoms with Gasteiger partial charge in [-0.05, 0) is 81.4 Å². The average molecular weight is 578 g/mol. The van der Waals surface area contributed by atoms with Crippen LogP contribution in [0.15, 0.2) is 48.7 Å². The summed E-state index contributed by atoms with van der Waals surface area (Å²) in [6.45, 7) is 4.24. The Morgan fingerprint density at radius 2 is 1.74 bits per heavy atom. The van der Waals surface area contributed by atoms with Crippen LogP contribution in [0.3, 0.4) is 0 Å². The van der Waals surface area contributed by atoms with E-state index in [1.54, 1.807) is 13.3 Å². The van der Waals surface area contributed by atoms with Gasteiger partial charge in [0.05, 0.1) is 24.3 Å². The monoisotopic (exact) mass is 576 g/mol. The molecule has 2 aliphatic heterocycles. The van der Waals surface area contributed by atoms with Gasteiger partial charge in [0.1, 0.15) is 5.75 Å². The van der Waals surface area contributed by atoms with Crippen molar-refractivity contribution in [1.29, 1.82) is 0 Å². The molecule has 9 heteroatoms. The normalized spacial score (nSPS) is 19.8. The maximum absolute atomic E-state index is 13.4. The number of piperidine rings is 1. The van der Waals surface area contributed by atoms with Crippen molar-refractivity contribution in [3.63, 3.8) is 0 Å². The van der Waals surface area contributed by atoms with Crippen LogP contribution in [0.5, 0.6) is 5.75 Å². The smallest absolute Gasteiger partial charge is 0.229 e. The zero-order valence-corrected chi connectivity index (χ0v) is 24.5. The molecule has 2 aromatic rings. The van der Waals surface area contributed by atoms with Gasteiger partial charge in [-0.25, -0.2) is 0 Å². The van der Waals surface area contributed by atoms with E-state index in [9.17, 15) is 9.59 Å². The van der Waals surface area contributed by atoms with Gasteiger partial charge in [-0.15, -0.1) is 24.8 Å². The number of nitrogens with zero attached hydrogens (tertiary/aromatic N) is 3. The molecule has 1 saturated carbocycles. The van der Waals surface area contributed by atoms with E-state index >= 15 is 0 Å². The molecule has 1 aromatic carbocycles. The van der Waals surface area contributed by atoms with E-state index < -0.39 is 0 Å². The van der Waals surface area contributed by atoms with Crippen LogP contribution in [0, 0.1) is 11.3 Å². The fraction of sp³-hybridized carbons (Fsp3) is 0.567. The van der Waals surface area contributed by atoms with Gasteiger partial charge in [-0.3, -0.25) is 14.6 Å². The number of halogens is 2. The Morgan fingerprint density at radius 3 is 2.38 bits per heavy atom. The van der Waals surface area contributed by atoms with Gasteiger partial charge in [0, 0.05) is 31.7 Å². The first-order valence-corrected chi connectivity index (χ1v) is 13.9. The van der Waals surface area contributed by atoms with Crippen molar-refractivity contribution in [2.24, 2.45) is 11.3 Å². The predicted molar refractivity (Wildman–Crippen MR) is 157 cm³/mol. The number of aromatic nitrogens is 1. The minimum atomic E-state index is -0.208. The zero-order chi connectivity index (χ0) is 25.7. The Kier molecular flexibility index (Phi) is 11.5. The third-order valence-corrected chi connectivity index (χ3v) is 8.77. The predicted octanol–water partition coefficient (Wildman–Crippen LogP) is 5.19. The van der Waals surface area contributed by atoms with E-state index in [0.717, 1.165) is 94.6 Å². The first kappa shape index (κ1) is 31.2. The molecular formula is C30H42Cl2N4O3. The molecule has 39 heavy (non-hydrogen) atoms. The number of nitrogens with one attached hydrogen (secondary N) is 1. The molecule has 3 fully saturated rings. The number of amides is 2. The van der Waals surface area contributed by atoms with Crippen molar-refractivity contribution in [3.8, 4) is 5.75 Å². The number of likely N-dealkylation sites (tertiary alicyclic amines) is 2. The lowest BCUT2D eigenvalue weighted by molar-refractivity contribution is -0.139. The lowest BCUT2D eigenvalue weighted by Gasteiger charge is -2.38. The van der Waals surface area contributed by atoms with Crippen molar-refractivity contribution >= 4 is 36.6 Å². The molecule has 3 aliphatic rings.